The van der Waals surface area contributed by atoms with Crippen LogP contribution in [0, 0.1) is 18.2 Å². The van der Waals surface area contributed by atoms with Crippen LogP contribution in [0.5, 0.6) is 0 Å². The minimum Gasteiger partial charge on any atom is -0.371 e. The van der Waals surface area contributed by atoms with Crippen molar-refractivity contribution in [1.82, 2.24) is 5.32 Å². The van der Waals surface area contributed by atoms with Crippen molar-refractivity contribution in [2.24, 2.45) is 10.2 Å². The van der Waals surface area contributed by atoms with Crippen molar-refractivity contribution in [3.8, 4) is 12.3 Å². The summed E-state index contributed by atoms with van der Waals surface area (Å²) in [5.74, 6) is 2.18. The minimum absolute atomic E-state index is 0.118. The Hall–Kier alpha value is -2.42. The first-order chi connectivity index (χ1) is 12.1. The SMILES string of the molecule is C#CCCC1(CCC(=O)NCc2c(F)cccc2N2CCCC2)N=N1. The molecule has 0 unspecified atom stereocenters. The number of terminal acetylenes is 1. The Morgan fingerprint density at radius 3 is 2.76 bits per heavy atom. The van der Waals surface area contributed by atoms with Gasteiger partial charge in [-0.15, -0.1) is 12.3 Å². The lowest BCUT2D eigenvalue weighted by Crippen LogP contribution is -2.27. The summed E-state index contributed by atoms with van der Waals surface area (Å²) in [5, 5.41) is 10.9. The summed E-state index contributed by atoms with van der Waals surface area (Å²) < 4.78 is 14.3. The largest absolute Gasteiger partial charge is 0.371 e. The fourth-order valence-corrected chi connectivity index (χ4v) is 3.23. The molecule has 0 aromatic heterocycles. The average molecular weight is 342 g/mol. The number of hydrogen-bond acceptors (Lipinski definition) is 4. The molecule has 2 aliphatic rings. The monoisotopic (exact) mass is 342 g/mol. The Kier molecular flexibility index (Phi) is 5.32. The van der Waals surface area contributed by atoms with Gasteiger partial charge in [0.1, 0.15) is 5.82 Å². The first kappa shape index (κ1) is 17.4. The third-order valence-corrected chi connectivity index (χ3v) is 4.81. The minimum atomic E-state index is -0.456. The van der Waals surface area contributed by atoms with Gasteiger partial charge in [0.25, 0.3) is 0 Å². The maximum absolute atomic E-state index is 14.3. The highest BCUT2D eigenvalue weighted by molar-refractivity contribution is 5.76. The van der Waals surface area contributed by atoms with E-state index >= 15 is 0 Å². The van der Waals surface area contributed by atoms with Crippen LogP contribution in [0.15, 0.2) is 28.4 Å². The van der Waals surface area contributed by atoms with Gasteiger partial charge in [-0.25, -0.2) is 4.39 Å². The maximum atomic E-state index is 14.3. The van der Waals surface area contributed by atoms with E-state index in [0.29, 0.717) is 31.2 Å². The zero-order chi connectivity index (χ0) is 17.7. The molecule has 2 aliphatic heterocycles. The molecule has 1 saturated heterocycles. The molecular weight excluding hydrogens is 319 g/mol. The van der Waals surface area contributed by atoms with Crippen LogP contribution in [-0.4, -0.2) is 24.7 Å². The first-order valence-corrected chi connectivity index (χ1v) is 8.80. The Morgan fingerprint density at radius 2 is 2.08 bits per heavy atom. The van der Waals surface area contributed by atoms with Gasteiger partial charge < -0.3 is 10.2 Å². The van der Waals surface area contributed by atoms with Crippen molar-refractivity contribution < 1.29 is 9.18 Å². The fraction of sp³-hybridized carbons (Fsp3) is 0.526. The predicted molar refractivity (Wildman–Crippen MR) is 94.6 cm³/mol. The third-order valence-electron chi connectivity index (χ3n) is 4.81. The Morgan fingerprint density at radius 1 is 1.32 bits per heavy atom. The lowest BCUT2D eigenvalue weighted by Gasteiger charge is -2.22. The van der Waals surface area contributed by atoms with E-state index in [0.717, 1.165) is 31.6 Å². The topological polar surface area (TPSA) is 57.1 Å². The first-order valence-electron chi connectivity index (χ1n) is 8.80. The second-order valence-electron chi connectivity index (χ2n) is 6.59. The van der Waals surface area contributed by atoms with Crippen molar-refractivity contribution >= 4 is 11.6 Å². The molecule has 1 fully saturated rings. The van der Waals surface area contributed by atoms with Crippen LogP contribution in [0.3, 0.4) is 0 Å². The number of rotatable bonds is 8. The average Bonchev–Trinajstić information content (AvgIpc) is 3.17. The summed E-state index contributed by atoms with van der Waals surface area (Å²) in [4.78, 5) is 14.3. The molecule has 0 atom stereocenters. The molecule has 0 bridgehead atoms. The Bertz CT molecular complexity index is 698. The molecule has 132 valence electrons. The van der Waals surface area contributed by atoms with Gasteiger partial charge in [0.15, 0.2) is 5.66 Å². The molecular formula is C19H23FN4O. The molecule has 5 nitrogen and oxygen atoms in total. The smallest absolute Gasteiger partial charge is 0.220 e. The summed E-state index contributed by atoms with van der Waals surface area (Å²) in [6, 6.07) is 5.09. The zero-order valence-corrected chi connectivity index (χ0v) is 14.3. The molecule has 0 spiro atoms. The van der Waals surface area contributed by atoms with Crippen molar-refractivity contribution in [3.63, 3.8) is 0 Å². The number of nitrogens with one attached hydrogen (secondary N) is 1. The summed E-state index contributed by atoms with van der Waals surface area (Å²) in [6.45, 7) is 2.07. The molecule has 2 heterocycles. The summed E-state index contributed by atoms with van der Waals surface area (Å²) in [5.41, 5.74) is 0.985. The third kappa shape index (κ3) is 4.36. The number of halogens is 1. The van der Waals surface area contributed by atoms with E-state index < -0.39 is 5.66 Å². The van der Waals surface area contributed by atoms with Crippen LogP contribution >= 0.6 is 0 Å². The van der Waals surface area contributed by atoms with Gasteiger partial charge in [-0.05, 0) is 25.0 Å². The van der Waals surface area contributed by atoms with E-state index in [9.17, 15) is 9.18 Å². The van der Waals surface area contributed by atoms with Crippen LogP contribution in [0.4, 0.5) is 10.1 Å². The van der Waals surface area contributed by atoms with E-state index in [1.54, 1.807) is 6.07 Å². The molecule has 3 rings (SSSR count). The Labute approximate surface area is 147 Å². The number of carbonyl (C=O) groups excluding carboxylic acids is 1. The van der Waals surface area contributed by atoms with Gasteiger partial charge in [-0.2, -0.15) is 10.2 Å². The van der Waals surface area contributed by atoms with E-state index in [-0.39, 0.29) is 18.3 Å². The van der Waals surface area contributed by atoms with Crippen LogP contribution in [-0.2, 0) is 11.3 Å². The molecule has 25 heavy (non-hydrogen) atoms. The van der Waals surface area contributed by atoms with Gasteiger partial charge in [-0.3, -0.25) is 4.79 Å². The van der Waals surface area contributed by atoms with E-state index in [4.69, 9.17) is 6.42 Å². The van der Waals surface area contributed by atoms with Crippen molar-refractivity contribution in [2.75, 3.05) is 18.0 Å². The molecule has 0 aliphatic carbocycles. The zero-order valence-electron chi connectivity index (χ0n) is 14.3. The van der Waals surface area contributed by atoms with Crippen LogP contribution in [0.25, 0.3) is 0 Å². The molecule has 1 aromatic rings. The van der Waals surface area contributed by atoms with E-state index in [1.165, 1.54) is 6.07 Å². The maximum Gasteiger partial charge on any atom is 0.220 e. The van der Waals surface area contributed by atoms with Gasteiger partial charge in [0.2, 0.25) is 5.91 Å². The highest BCUT2D eigenvalue weighted by Gasteiger charge is 2.39. The van der Waals surface area contributed by atoms with Gasteiger partial charge in [-0.1, -0.05) is 6.07 Å². The fourth-order valence-electron chi connectivity index (χ4n) is 3.23. The van der Waals surface area contributed by atoms with Crippen molar-refractivity contribution in [2.45, 2.75) is 50.7 Å². The number of benzene rings is 1. The summed E-state index contributed by atoms with van der Waals surface area (Å²) >= 11 is 0. The van der Waals surface area contributed by atoms with Crippen LogP contribution in [0.2, 0.25) is 0 Å². The molecule has 0 saturated carbocycles. The molecule has 0 radical (unpaired) electrons. The lowest BCUT2D eigenvalue weighted by atomic mass is 10.0. The van der Waals surface area contributed by atoms with E-state index in [1.807, 2.05) is 6.07 Å². The van der Waals surface area contributed by atoms with Crippen LogP contribution < -0.4 is 10.2 Å². The summed E-state index contributed by atoms with van der Waals surface area (Å²) in [6.07, 6.45) is 9.65. The number of anilines is 1. The van der Waals surface area contributed by atoms with Crippen LogP contribution in [0.1, 0.15) is 44.1 Å². The van der Waals surface area contributed by atoms with Gasteiger partial charge in [0.05, 0.1) is 0 Å². The van der Waals surface area contributed by atoms with Gasteiger partial charge in [0, 0.05) is 56.6 Å². The lowest BCUT2D eigenvalue weighted by molar-refractivity contribution is -0.121. The van der Waals surface area contributed by atoms with Gasteiger partial charge >= 0.3 is 0 Å². The normalized spacial score (nSPS) is 17.4. The Balaban J connectivity index is 1.53. The van der Waals surface area contributed by atoms with Crippen molar-refractivity contribution in [1.29, 1.82) is 0 Å². The highest BCUT2D eigenvalue weighted by atomic mass is 19.1. The number of carbonyl (C=O) groups is 1. The number of nitrogens with zero attached hydrogens (tertiary/aromatic N) is 3. The second-order valence-corrected chi connectivity index (χ2v) is 6.59. The predicted octanol–water partition coefficient (Wildman–Crippen LogP) is 3.40. The highest BCUT2D eigenvalue weighted by Crippen LogP contribution is 2.37. The molecule has 1 N–H and O–H groups in total. The number of hydrogen-bond donors (Lipinski definition) is 1. The molecule has 1 amide bonds. The quantitative estimate of drug-likeness (QED) is 0.736. The second kappa shape index (κ2) is 7.64. The van der Waals surface area contributed by atoms with Crippen molar-refractivity contribution in [3.05, 3.63) is 29.6 Å². The summed E-state index contributed by atoms with van der Waals surface area (Å²) in [7, 11) is 0. The molecule has 1 aromatic carbocycles. The van der Waals surface area contributed by atoms with E-state index in [2.05, 4.69) is 26.4 Å². The number of amides is 1. The standard InChI is InChI=1S/C19H23FN4O/c1-2-3-10-19(22-23-19)11-9-18(25)21-14-15-16(20)7-6-8-17(15)24-12-4-5-13-24/h1,6-8H,3-5,9-14H2,(H,21,25). The molecule has 6 heteroatoms.